The molecule has 0 spiro atoms. The quantitative estimate of drug-likeness (QED) is 0.394. The molecule has 2 aromatic carbocycles. The van der Waals surface area contributed by atoms with E-state index in [-0.39, 0.29) is 28.9 Å². The molecule has 0 radical (unpaired) electrons. The summed E-state index contributed by atoms with van der Waals surface area (Å²) in [5.41, 5.74) is 2.70. The summed E-state index contributed by atoms with van der Waals surface area (Å²) in [6.07, 6.45) is 6.22. The highest BCUT2D eigenvalue weighted by atomic mass is 35.5. The predicted molar refractivity (Wildman–Crippen MR) is 117 cm³/mol. The average Bonchev–Trinajstić information content (AvgIpc) is 3.55. The van der Waals surface area contributed by atoms with Crippen molar-refractivity contribution in [2.45, 2.75) is 6.54 Å². The maximum absolute atomic E-state index is 13.2. The highest BCUT2D eigenvalue weighted by Gasteiger charge is 2.21. The van der Waals surface area contributed by atoms with Crippen LogP contribution in [0.3, 0.4) is 0 Å². The molecule has 0 amide bonds. The first-order chi connectivity index (χ1) is 15.1. The van der Waals surface area contributed by atoms with Crippen LogP contribution in [0.2, 0.25) is 5.02 Å². The van der Waals surface area contributed by atoms with Crippen LogP contribution in [-0.4, -0.2) is 36.1 Å². The number of nitrogens with one attached hydrogen (secondary N) is 2. The van der Waals surface area contributed by atoms with Crippen LogP contribution >= 0.6 is 11.6 Å². The van der Waals surface area contributed by atoms with Gasteiger partial charge in [0.05, 0.1) is 11.8 Å². The Morgan fingerprint density at radius 2 is 1.77 bits per heavy atom. The molecule has 0 fully saturated rings. The van der Waals surface area contributed by atoms with Crippen LogP contribution in [0, 0.1) is 0 Å². The fourth-order valence-corrected chi connectivity index (χ4v) is 3.67. The summed E-state index contributed by atoms with van der Waals surface area (Å²) in [5.74, 6) is -0.363. The van der Waals surface area contributed by atoms with Gasteiger partial charge in [-0.3, -0.25) is 9.59 Å². The normalized spacial score (nSPS) is 11.1. The summed E-state index contributed by atoms with van der Waals surface area (Å²) < 4.78 is 2.02. The molecule has 8 heteroatoms. The number of nitrogens with zero attached hydrogens (tertiary/aromatic N) is 3. The van der Waals surface area contributed by atoms with Crippen LogP contribution < -0.4 is 0 Å². The lowest BCUT2D eigenvalue weighted by atomic mass is 10.1. The number of benzene rings is 2. The number of carbonyl (C=O) groups excluding carboxylic acids is 2. The number of aromatic amines is 2. The monoisotopic (exact) mass is 429 g/mol. The second-order valence-electron chi connectivity index (χ2n) is 7.06. The highest BCUT2D eigenvalue weighted by molar-refractivity contribution is 6.30. The molecule has 5 aromatic rings. The maximum Gasteiger partial charge on any atom is 0.245 e. The number of rotatable bonds is 6. The fraction of sp³-hybridized carbons (Fsp3) is 0.0435. The van der Waals surface area contributed by atoms with Gasteiger partial charge >= 0.3 is 0 Å². The second kappa shape index (κ2) is 7.70. The van der Waals surface area contributed by atoms with Crippen molar-refractivity contribution in [1.82, 2.24) is 24.5 Å². The molecule has 0 saturated carbocycles. The minimum Gasteiger partial charge on any atom is -0.342 e. The Morgan fingerprint density at radius 1 is 0.968 bits per heavy atom. The van der Waals surface area contributed by atoms with E-state index < -0.39 is 0 Å². The molecule has 3 aromatic heterocycles. The van der Waals surface area contributed by atoms with E-state index in [0.717, 1.165) is 16.5 Å². The van der Waals surface area contributed by atoms with Crippen LogP contribution in [0.1, 0.15) is 38.1 Å². The van der Waals surface area contributed by atoms with Gasteiger partial charge in [0.1, 0.15) is 5.69 Å². The lowest BCUT2D eigenvalue weighted by Gasteiger charge is -2.05. The molecule has 0 unspecified atom stereocenters. The van der Waals surface area contributed by atoms with Gasteiger partial charge in [-0.05, 0) is 23.8 Å². The summed E-state index contributed by atoms with van der Waals surface area (Å²) in [7, 11) is 0. The van der Waals surface area contributed by atoms with Gasteiger partial charge in [-0.15, -0.1) is 0 Å². The van der Waals surface area contributed by atoms with Gasteiger partial charge in [0.15, 0.2) is 11.6 Å². The number of H-pyrrole nitrogens is 2. The van der Waals surface area contributed by atoms with Crippen LogP contribution in [0.4, 0.5) is 0 Å². The van der Waals surface area contributed by atoms with E-state index in [1.54, 1.807) is 6.20 Å². The lowest BCUT2D eigenvalue weighted by Crippen LogP contribution is -2.07. The third-order valence-corrected chi connectivity index (χ3v) is 5.30. The number of imidazole rings is 2. The van der Waals surface area contributed by atoms with Crippen LogP contribution in [0.15, 0.2) is 73.3 Å². The third-order valence-electron chi connectivity index (χ3n) is 5.05. The Labute approximate surface area is 181 Å². The Hall–Kier alpha value is -3.97. The van der Waals surface area contributed by atoms with E-state index in [4.69, 9.17) is 11.6 Å². The number of aromatic nitrogens is 5. The zero-order valence-corrected chi connectivity index (χ0v) is 16.9. The topological polar surface area (TPSA) is 96.4 Å². The van der Waals surface area contributed by atoms with E-state index in [9.17, 15) is 9.59 Å². The maximum atomic E-state index is 13.2. The Kier molecular flexibility index (Phi) is 4.72. The first kappa shape index (κ1) is 19.0. The van der Waals surface area contributed by atoms with Crippen molar-refractivity contribution in [3.05, 3.63) is 107 Å². The molecule has 0 atom stereocenters. The van der Waals surface area contributed by atoms with E-state index in [2.05, 4.69) is 19.9 Å². The molecule has 0 saturated heterocycles. The summed E-state index contributed by atoms with van der Waals surface area (Å²) in [6.45, 7) is 0.589. The third kappa shape index (κ3) is 3.55. The second-order valence-corrected chi connectivity index (χ2v) is 7.49. The van der Waals surface area contributed by atoms with Gasteiger partial charge < -0.3 is 14.5 Å². The first-order valence-electron chi connectivity index (χ1n) is 9.56. The van der Waals surface area contributed by atoms with Crippen molar-refractivity contribution in [3.8, 4) is 0 Å². The number of para-hydroxylation sites is 1. The highest BCUT2D eigenvalue weighted by Crippen LogP contribution is 2.25. The van der Waals surface area contributed by atoms with E-state index in [1.165, 1.54) is 12.4 Å². The van der Waals surface area contributed by atoms with E-state index >= 15 is 0 Å². The van der Waals surface area contributed by atoms with Crippen LogP contribution in [0.5, 0.6) is 0 Å². The zero-order chi connectivity index (χ0) is 21.4. The zero-order valence-electron chi connectivity index (χ0n) is 16.2. The molecule has 3 heterocycles. The molecule has 0 bridgehead atoms. The van der Waals surface area contributed by atoms with Crippen molar-refractivity contribution in [2.75, 3.05) is 0 Å². The molecule has 0 aliphatic rings. The van der Waals surface area contributed by atoms with E-state index in [0.29, 0.717) is 17.1 Å². The van der Waals surface area contributed by atoms with Gasteiger partial charge in [-0.2, -0.15) is 0 Å². The molecule has 7 nitrogen and oxygen atoms in total. The molecule has 0 aliphatic carbocycles. The number of hydrogen-bond acceptors (Lipinski definition) is 4. The predicted octanol–water partition coefficient (Wildman–Crippen LogP) is 4.25. The minimum absolute atomic E-state index is 0.101. The van der Waals surface area contributed by atoms with Crippen molar-refractivity contribution in [1.29, 1.82) is 0 Å². The number of ketones is 2. The number of carbonyl (C=O) groups is 2. The van der Waals surface area contributed by atoms with Gasteiger partial charge in [-0.1, -0.05) is 41.9 Å². The first-order valence-corrected chi connectivity index (χ1v) is 9.94. The Morgan fingerprint density at radius 3 is 2.55 bits per heavy atom. The summed E-state index contributed by atoms with van der Waals surface area (Å²) in [4.78, 5) is 39.3. The fourth-order valence-electron chi connectivity index (χ4n) is 3.54. The Balaban J connectivity index is 1.49. The molecule has 0 aliphatic heterocycles. The molecule has 31 heavy (non-hydrogen) atoms. The lowest BCUT2D eigenvalue weighted by molar-refractivity contribution is 0.102. The average molecular weight is 430 g/mol. The van der Waals surface area contributed by atoms with Crippen molar-refractivity contribution in [2.24, 2.45) is 0 Å². The van der Waals surface area contributed by atoms with Gasteiger partial charge in [0.2, 0.25) is 11.6 Å². The smallest absolute Gasteiger partial charge is 0.245 e. The SMILES string of the molecule is O=C(c1cnc(C(=O)c2cn(Cc3ccc(Cl)cc3)c3ccccc23)[nH]1)c1ncc[nH]1. The number of halogens is 1. The molecule has 2 N–H and O–H groups in total. The molecular weight excluding hydrogens is 414 g/mol. The number of fused-ring (bicyclic) bond motifs is 1. The van der Waals surface area contributed by atoms with Crippen molar-refractivity contribution in [3.63, 3.8) is 0 Å². The molecule has 5 rings (SSSR count). The summed E-state index contributed by atoms with van der Waals surface area (Å²) in [5, 5.41) is 1.49. The van der Waals surface area contributed by atoms with Crippen LogP contribution in [0.25, 0.3) is 10.9 Å². The largest absolute Gasteiger partial charge is 0.342 e. The van der Waals surface area contributed by atoms with Crippen molar-refractivity contribution >= 4 is 34.1 Å². The summed E-state index contributed by atoms with van der Waals surface area (Å²) >= 11 is 5.99. The van der Waals surface area contributed by atoms with Crippen LogP contribution in [-0.2, 0) is 6.54 Å². The standard InChI is InChI=1S/C23H16ClN5O2/c24-15-7-5-14(6-8-15)12-29-13-17(16-3-1-2-4-19(16)29)20(30)23-27-11-18(28-23)21(31)22-25-9-10-26-22/h1-11,13H,12H2,(H,25,26)(H,27,28). The molecule has 152 valence electrons. The Bertz CT molecular complexity index is 1400. The van der Waals surface area contributed by atoms with Gasteiger partial charge in [-0.25, -0.2) is 9.97 Å². The van der Waals surface area contributed by atoms with Crippen molar-refractivity contribution < 1.29 is 9.59 Å². The minimum atomic E-state index is -0.360. The van der Waals surface area contributed by atoms with E-state index in [1.807, 2.05) is 59.3 Å². The summed E-state index contributed by atoms with van der Waals surface area (Å²) in [6, 6.07) is 15.3. The number of hydrogen-bond donors (Lipinski definition) is 2. The molecular formula is C23H16ClN5O2. The van der Waals surface area contributed by atoms with Gasteiger partial charge in [0.25, 0.3) is 0 Å². The van der Waals surface area contributed by atoms with Gasteiger partial charge in [0, 0.05) is 41.1 Å².